The molecule has 2 rings (SSSR count). The molecule has 1 unspecified atom stereocenters. The third-order valence-electron chi connectivity index (χ3n) is 3.29. The third-order valence-corrected chi connectivity index (χ3v) is 5.47. The van der Waals surface area contributed by atoms with E-state index >= 15 is 0 Å². The van der Waals surface area contributed by atoms with Crippen molar-refractivity contribution in [2.75, 3.05) is 18.6 Å². The molecule has 1 fully saturated rings. The van der Waals surface area contributed by atoms with Gasteiger partial charge in [0.25, 0.3) is 5.91 Å². The first-order valence-corrected chi connectivity index (χ1v) is 8.38. The van der Waals surface area contributed by atoms with E-state index in [9.17, 15) is 13.2 Å². The van der Waals surface area contributed by atoms with Gasteiger partial charge in [-0.05, 0) is 31.0 Å². The number of hydrogen-bond donors (Lipinski definition) is 1. The van der Waals surface area contributed by atoms with E-state index in [4.69, 9.17) is 16.3 Å². The molecule has 0 aliphatic carbocycles. The number of nitrogens with one attached hydrogen (secondary N) is 1. The maximum Gasteiger partial charge on any atom is 0.255 e. The monoisotopic (exact) mass is 317 g/mol. The van der Waals surface area contributed by atoms with E-state index in [1.807, 2.05) is 6.92 Å². The molecule has 1 heterocycles. The second-order valence-electron chi connectivity index (χ2n) is 4.88. The lowest BCUT2D eigenvalue weighted by molar-refractivity contribution is 0.0938. The Kier molecular flexibility index (Phi) is 4.25. The van der Waals surface area contributed by atoms with Crippen molar-refractivity contribution in [2.45, 2.75) is 19.4 Å². The molecule has 0 spiro atoms. The van der Waals surface area contributed by atoms with E-state index < -0.39 is 9.84 Å². The zero-order chi connectivity index (χ0) is 14.9. The molecule has 7 heteroatoms. The summed E-state index contributed by atoms with van der Waals surface area (Å²) in [6.07, 6.45) is 0.440. The van der Waals surface area contributed by atoms with Gasteiger partial charge in [0, 0.05) is 11.1 Å². The van der Waals surface area contributed by atoms with Crippen molar-refractivity contribution < 1.29 is 17.9 Å². The summed E-state index contributed by atoms with van der Waals surface area (Å²) in [5.41, 5.74) is 1.12. The molecule has 1 aromatic rings. The lowest BCUT2D eigenvalue weighted by Crippen LogP contribution is -2.35. The standard InChI is InChI=1S/C13H16ClNO4S/c1-8-5-12(19-2)10(6-11(8)14)13(16)15-9-3-4-20(17,18)7-9/h5-6,9H,3-4,7H2,1-2H3,(H,15,16). The number of methoxy groups -OCH3 is 1. The first-order chi connectivity index (χ1) is 9.32. The lowest BCUT2D eigenvalue weighted by atomic mass is 10.1. The highest BCUT2D eigenvalue weighted by atomic mass is 35.5. The van der Waals surface area contributed by atoms with Crippen LogP contribution >= 0.6 is 11.6 Å². The summed E-state index contributed by atoms with van der Waals surface area (Å²) < 4.78 is 27.9. The van der Waals surface area contributed by atoms with Crippen LogP contribution in [0, 0.1) is 6.92 Å². The number of benzene rings is 1. The normalized spacial score (nSPS) is 20.6. The Labute approximate surface area is 123 Å². The number of carbonyl (C=O) groups excluding carboxylic acids is 1. The molecular weight excluding hydrogens is 302 g/mol. The fraction of sp³-hybridized carbons (Fsp3) is 0.462. The van der Waals surface area contributed by atoms with E-state index in [0.717, 1.165) is 5.56 Å². The number of sulfone groups is 1. The summed E-state index contributed by atoms with van der Waals surface area (Å²) in [5, 5.41) is 3.18. The summed E-state index contributed by atoms with van der Waals surface area (Å²) in [6.45, 7) is 1.82. The molecule has 20 heavy (non-hydrogen) atoms. The van der Waals surface area contributed by atoms with E-state index in [1.54, 1.807) is 6.07 Å². The molecule has 1 amide bonds. The average molecular weight is 318 g/mol. The van der Waals surface area contributed by atoms with E-state index in [1.165, 1.54) is 13.2 Å². The van der Waals surface area contributed by atoms with E-state index in [2.05, 4.69) is 5.32 Å². The van der Waals surface area contributed by atoms with Gasteiger partial charge in [-0.2, -0.15) is 0 Å². The Morgan fingerprint density at radius 2 is 2.15 bits per heavy atom. The average Bonchev–Trinajstić information content (AvgIpc) is 2.71. The van der Waals surface area contributed by atoms with Crippen molar-refractivity contribution in [3.8, 4) is 5.75 Å². The number of rotatable bonds is 3. The van der Waals surface area contributed by atoms with Crippen LogP contribution in [-0.2, 0) is 9.84 Å². The summed E-state index contributed by atoms with van der Waals surface area (Å²) in [7, 11) is -1.55. The Morgan fingerprint density at radius 3 is 2.70 bits per heavy atom. The molecule has 0 bridgehead atoms. The number of amides is 1. The maximum absolute atomic E-state index is 12.2. The molecule has 1 aliphatic rings. The van der Waals surface area contributed by atoms with Crippen LogP contribution in [0.4, 0.5) is 0 Å². The smallest absolute Gasteiger partial charge is 0.255 e. The van der Waals surface area contributed by atoms with Crippen LogP contribution in [0.3, 0.4) is 0 Å². The second kappa shape index (κ2) is 5.61. The van der Waals surface area contributed by atoms with Crippen molar-refractivity contribution >= 4 is 27.3 Å². The van der Waals surface area contributed by atoms with Crippen LogP contribution in [0.15, 0.2) is 12.1 Å². The number of ether oxygens (including phenoxy) is 1. The minimum atomic E-state index is -3.03. The van der Waals surface area contributed by atoms with Gasteiger partial charge in [-0.3, -0.25) is 4.79 Å². The summed E-state index contributed by atoms with van der Waals surface area (Å²) in [6, 6.07) is 2.87. The van der Waals surface area contributed by atoms with Gasteiger partial charge in [0.2, 0.25) is 0 Å². The maximum atomic E-state index is 12.2. The molecule has 1 atom stereocenters. The van der Waals surface area contributed by atoms with Crippen molar-refractivity contribution in [1.29, 1.82) is 0 Å². The van der Waals surface area contributed by atoms with Crippen LogP contribution in [0.25, 0.3) is 0 Å². The SMILES string of the molecule is COc1cc(C)c(Cl)cc1C(=O)NC1CCS(=O)(=O)C1. The van der Waals surface area contributed by atoms with Crippen LogP contribution < -0.4 is 10.1 Å². The van der Waals surface area contributed by atoms with Gasteiger partial charge in [0.1, 0.15) is 5.75 Å². The van der Waals surface area contributed by atoms with Crippen molar-refractivity contribution in [1.82, 2.24) is 5.32 Å². The Hall–Kier alpha value is -1.27. The second-order valence-corrected chi connectivity index (χ2v) is 7.51. The van der Waals surface area contributed by atoms with Gasteiger partial charge in [0.05, 0.1) is 24.2 Å². The van der Waals surface area contributed by atoms with Crippen LogP contribution in [0.2, 0.25) is 5.02 Å². The Balaban J connectivity index is 2.19. The molecule has 0 radical (unpaired) electrons. The lowest BCUT2D eigenvalue weighted by Gasteiger charge is -2.14. The number of halogens is 1. The van der Waals surface area contributed by atoms with Crippen molar-refractivity contribution in [3.63, 3.8) is 0 Å². The molecule has 0 aromatic heterocycles. The highest BCUT2D eigenvalue weighted by molar-refractivity contribution is 7.91. The first-order valence-electron chi connectivity index (χ1n) is 6.18. The topological polar surface area (TPSA) is 72.5 Å². The van der Waals surface area contributed by atoms with E-state index in [-0.39, 0.29) is 23.5 Å². The minimum absolute atomic E-state index is 0.0132. The summed E-state index contributed by atoms with van der Waals surface area (Å²) in [4.78, 5) is 12.2. The minimum Gasteiger partial charge on any atom is -0.496 e. The van der Waals surface area contributed by atoms with Gasteiger partial charge in [-0.25, -0.2) is 8.42 Å². The van der Waals surface area contributed by atoms with Gasteiger partial charge < -0.3 is 10.1 Å². The fourth-order valence-electron chi connectivity index (χ4n) is 2.17. The highest BCUT2D eigenvalue weighted by Crippen LogP contribution is 2.26. The molecule has 5 nitrogen and oxygen atoms in total. The number of hydrogen-bond acceptors (Lipinski definition) is 4. The number of carbonyl (C=O) groups is 1. The zero-order valence-corrected chi connectivity index (χ0v) is 12.8. The molecule has 0 saturated carbocycles. The van der Waals surface area contributed by atoms with Crippen LogP contribution in [0.1, 0.15) is 22.3 Å². The molecule has 1 N–H and O–H groups in total. The molecular formula is C13H16ClNO4S. The summed E-state index contributed by atoms with van der Waals surface area (Å²) >= 11 is 6.02. The Morgan fingerprint density at radius 1 is 1.45 bits per heavy atom. The molecule has 1 aliphatic heterocycles. The fourth-order valence-corrected chi connectivity index (χ4v) is 4.01. The zero-order valence-electron chi connectivity index (χ0n) is 11.3. The van der Waals surface area contributed by atoms with Crippen LogP contribution in [-0.4, -0.2) is 39.0 Å². The summed E-state index contributed by atoms with van der Waals surface area (Å²) in [5.74, 6) is 0.154. The van der Waals surface area contributed by atoms with Gasteiger partial charge in [0.15, 0.2) is 9.84 Å². The molecule has 110 valence electrons. The van der Waals surface area contributed by atoms with Gasteiger partial charge in [-0.1, -0.05) is 11.6 Å². The quantitative estimate of drug-likeness (QED) is 0.918. The predicted octanol–water partition coefficient (Wildman–Crippen LogP) is 1.57. The predicted molar refractivity (Wildman–Crippen MR) is 77.3 cm³/mol. The van der Waals surface area contributed by atoms with Crippen molar-refractivity contribution in [3.05, 3.63) is 28.3 Å². The van der Waals surface area contributed by atoms with Crippen LogP contribution in [0.5, 0.6) is 5.75 Å². The largest absolute Gasteiger partial charge is 0.496 e. The van der Waals surface area contributed by atoms with Gasteiger partial charge in [-0.15, -0.1) is 0 Å². The Bertz CT molecular complexity index is 642. The first kappa shape index (κ1) is 15.1. The third kappa shape index (κ3) is 3.24. The highest BCUT2D eigenvalue weighted by Gasteiger charge is 2.29. The molecule has 1 aromatic carbocycles. The molecule has 1 saturated heterocycles. The van der Waals surface area contributed by atoms with Crippen molar-refractivity contribution in [2.24, 2.45) is 0 Å². The van der Waals surface area contributed by atoms with E-state index in [0.29, 0.717) is 22.8 Å². The number of aryl methyl sites for hydroxylation is 1. The van der Waals surface area contributed by atoms with Gasteiger partial charge >= 0.3 is 0 Å².